The molecule has 0 spiro atoms. The smallest absolute Gasteiger partial charge is 0.280 e. The Bertz CT molecular complexity index is 1480. The maximum atomic E-state index is 12.9. The van der Waals surface area contributed by atoms with Gasteiger partial charge in [0.2, 0.25) is 0 Å². The highest BCUT2D eigenvalue weighted by atomic mass is 32.2. The molecule has 8 heteroatoms. The van der Waals surface area contributed by atoms with Gasteiger partial charge < -0.3 is 0 Å². The van der Waals surface area contributed by atoms with Gasteiger partial charge in [0.05, 0.1) is 0 Å². The van der Waals surface area contributed by atoms with E-state index in [0.29, 0.717) is 12.8 Å². The van der Waals surface area contributed by atoms with Crippen LogP contribution in [0.4, 0.5) is 13.2 Å². The molecule has 5 rings (SSSR count). The number of fused-ring (bicyclic) bond motifs is 5. The summed E-state index contributed by atoms with van der Waals surface area (Å²) in [6, 6.07) is 11.9. The first-order valence-corrected chi connectivity index (χ1v) is 11.2. The van der Waals surface area contributed by atoms with Crippen LogP contribution in [0.1, 0.15) is 19.3 Å². The zero-order valence-corrected chi connectivity index (χ0v) is 17.0. The van der Waals surface area contributed by atoms with Crippen molar-refractivity contribution in [2.45, 2.75) is 24.8 Å². The van der Waals surface area contributed by atoms with Gasteiger partial charge in [-0.25, -0.2) is 0 Å². The molecule has 2 aliphatic carbocycles. The third-order valence-electron chi connectivity index (χ3n) is 5.73. The number of halogens is 3. The number of nitrogens with zero attached hydrogens (tertiary/aromatic N) is 1. The molecule has 0 saturated heterocycles. The Morgan fingerprint density at radius 3 is 2.65 bits per heavy atom. The molecular weight excluding hydrogens is 425 g/mol. The lowest BCUT2D eigenvalue weighted by molar-refractivity contribution is -0.0445. The molecule has 0 saturated carbocycles. The Balaban J connectivity index is 1.77. The van der Waals surface area contributed by atoms with Gasteiger partial charge in [0, 0.05) is 23.3 Å². The Hall–Kier alpha value is -3.13. The van der Waals surface area contributed by atoms with Crippen LogP contribution in [-0.2, 0) is 10.0 Å². The van der Waals surface area contributed by atoms with E-state index in [1.54, 1.807) is 23.2 Å². The van der Waals surface area contributed by atoms with Gasteiger partial charge in [-0.2, -0.15) is 21.6 Å². The Morgan fingerprint density at radius 1 is 1.03 bits per heavy atom. The second-order valence-electron chi connectivity index (χ2n) is 7.63. The molecule has 0 amide bonds. The van der Waals surface area contributed by atoms with E-state index in [4.69, 9.17) is 0 Å². The second kappa shape index (κ2) is 6.95. The van der Waals surface area contributed by atoms with Crippen molar-refractivity contribution in [3.05, 3.63) is 81.4 Å². The first-order valence-electron chi connectivity index (χ1n) is 9.73. The summed E-state index contributed by atoms with van der Waals surface area (Å²) in [6.45, 7) is 0. The van der Waals surface area contributed by atoms with Crippen molar-refractivity contribution in [2.75, 3.05) is 0 Å². The minimum absolute atomic E-state index is 0.0387. The number of alkyl halides is 3. The van der Waals surface area contributed by atoms with Gasteiger partial charge in [-0.15, -0.1) is 0 Å². The van der Waals surface area contributed by atoms with Crippen molar-refractivity contribution in [2.24, 2.45) is 4.99 Å². The van der Waals surface area contributed by atoms with Gasteiger partial charge in [-0.05, 0) is 58.0 Å². The molecular formula is C23H17F3N2O2S. The normalized spacial score (nSPS) is 18.4. The van der Waals surface area contributed by atoms with Crippen LogP contribution in [0, 0.1) is 0 Å². The van der Waals surface area contributed by atoms with Crippen LogP contribution >= 0.6 is 0 Å². The van der Waals surface area contributed by atoms with Gasteiger partial charge in [-0.1, -0.05) is 48.0 Å². The van der Waals surface area contributed by atoms with Crippen LogP contribution in [0.2, 0.25) is 0 Å². The number of benzene rings is 2. The number of allylic oxidation sites excluding steroid dienone is 6. The maximum absolute atomic E-state index is 12.9. The van der Waals surface area contributed by atoms with E-state index < -0.39 is 15.5 Å². The predicted molar refractivity (Wildman–Crippen MR) is 115 cm³/mol. The summed E-state index contributed by atoms with van der Waals surface area (Å²) in [6.07, 6.45) is 8.47. The predicted octanol–water partition coefficient (Wildman–Crippen LogP) is 3.56. The first-order chi connectivity index (χ1) is 14.7. The Labute approximate surface area is 176 Å². The molecule has 0 aromatic heterocycles. The summed E-state index contributed by atoms with van der Waals surface area (Å²) in [5.74, 6) is 0. The standard InChI is InChI=1S/C23H17F3N2O2S/c24-23(25,26)31(29,30)28-18-10-9-15-6-8-17-13-27-12-16-7-5-14-3-1-2-4-19(14)21(16)22(17)20(15)11-18/h1-5,7-8,11-13,28H,6,9-10H2. The molecule has 1 N–H and O–H groups in total. The highest BCUT2D eigenvalue weighted by molar-refractivity contribution is 7.90. The molecule has 0 bridgehead atoms. The van der Waals surface area contributed by atoms with Crippen molar-refractivity contribution in [3.8, 4) is 0 Å². The zero-order valence-electron chi connectivity index (χ0n) is 16.2. The van der Waals surface area contributed by atoms with Crippen LogP contribution in [0.15, 0.2) is 76.0 Å². The van der Waals surface area contributed by atoms with Crippen LogP contribution < -0.4 is 15.2 Å². The average Bonchev–Trinajstić information content (AvgIpc) is 2.92. The van der Waals surface area contributed by atoms with Crippen LogP contribution in [0.5, 0.6) is 0 Å². The summed E-state index contributed by atoms with van der Waals surface area (Å²) in [5.41, 5.74) is -1.74. The third kappa shape index (κ3) is 3.31. The number of hydrogen-bond acceptors (Lipinski definition) is 3. The van der Waals surface area contributed by atoms with E-state index in [9.17, 15) is 21.6 Å². The number of aliphatic imine (C=N–C) groups is 1. The lowest BCUT2D eigenvalue weighted by Gasteiger charge is -2.26. The monoisotopic (exact) mass is 442 g/mol. The Kier molecular flexibility index (Phi) is 4.44. The lowest BCUT2D eigenvalue weighted by Crippen LogP contribution is -2.36. The van der Waals surface area contributed by atoms with Crippen molar-refractivity contribution < 1.29 is 21.6 Å². The minimum atomic E-state index is -5.46. The molecule has 4 nitrogen and oxygen atoms in total. The molecule has 0 unspecified atom stereocenters. The number of rotatable bonds is 2. The summed E-state index contributed by atoms with van der Waals surface area (Å²) >= 11 is 0. The van der Waals surface area contributed by atoms with Gasteiger partial charge in [0.15, 0.2) is 0 Å². The largest absolute Gasteiger partial charge is 0.516 e. The molecule has 0 fully saturated rings. The van der Waals surface area contributed by atoms with Gasteiger partial charge in [-0.3, -0.25) is 9.71 Å². The summed E-state index contributed by atoms with van der Waals surface area (Å²) in [7, 11) is -5.46. The molecule has 3 aliphatic rings. The second-order valence-corrected chi connectivity index (χ2v) is 9.31. The summed E-state index contributed by atoms with van der Waals surface area (Å²) in [5, 5.41) is 3.89. The van der Waals surface area contributed by atoms with Crippen molar-refractivity contribution in [3.63, 3.8) is 0 Å². The fraction of sp³-hybridized carbons (Fsp3) is 0.174. The number of nitrogens with one attached hydrogen (secondary N) is 1. The third-order valence-corrected chi connectivity index (χ3v) is 6.87. The summed E-state index contributed by atoms with van der Waals surface area (Å²) in [4.78, 5) is 4.41. The molecule has 2 aromatic carbocycles. The molecule has 2 aromatic rings. The average molecular weight is 442 g/mol. The highest BCUT2D eigenvalue weighted by Gasteiger charge is 2.46. The van der Waals surface area contributed by atoms with E-state index in [-0.39, 0.29) is 12.1 Å². The number of hydrogen-bond donors (Lipinski definition) is 1. The molecule has 31 heavy (non-hydrogen) atoms. The van der Waals surface area contributed by atoms with Crippen LogP contribution in [-0.4, -0.2) is 20.1 Å². The fourth-order valence-corrected chi connectivity index (χ4v) is 4.92. The zero-order chi connectivity index (χ0) is 21.8. The van der Waals surface area contributed by atoms with E-state index in [1.807, 2.05) is 36.4 Å². The van der Waals surface area contributed by atoms with Gasteiger partial charge in [0.1, 0.15) is 0 Å². The maximum Gasteiger partial charge on any atom is 0.516 e. The molecule has 0 atom stereocenters. The Morgan fingerprint density at radius 2 is 1.84 bits per heavy atom. The van der Waals surface area contributed by atoms with E-state index in [1.165, 1.54) is 0 Å². The van der Waals surface area contributed by atoms with Gasteiger partial charge in [0.25, 0.3) is 0 Å². The fourth-order valence-electron chi connectivity index (χ4n) is 4.30. The lowest BCUT2D eigenvalue weighted by atomic mass is 9.80. The molecule has 158 valence electrons. The molecule has 1 heterocycles. The van der Waals surface area contributed by atoms with Gasteiger partial charge >= 0.3 is 15.5 Å². The SMILES string of the molecule is O=S(=O)(NC1=CC2=C(CC=C3C=NC=c4ccc5ccccc5c4=C32)CC1)C(F)(F)F. The quantitative estimate of drug-likeness (QED) is 0.773. The van der Waals surface area contributed by atoms with Crippen molar-refractivity contribution >= 4 is 38.8 Å². The molecule has 1 aliphatic heterocycles. The number of sulfonamides is 1. The van der Waals surface area contributed by atoms with Crippen LogP contribution in [0.3, 0.4) is 0 Å². The topological polar surface area (TPSA) is 58.5 Å². The van der Waals surface area contributed by atoms with Crippen molar-refractivity contribution in [1.82, 2.24) is 4.72 Å². The van der Waals surface area contributed by atoms with Crippen LogP contribution in [0.25, 0.3) is 22.5 Å². The van der Waals surface area contributed by atoms with E-state index >= 15 is 0 Å². The highest BCUT2D eigenvalue weighted by Crippen LogP contribution is 2.38. The summed E-state index contributed by atoms with van der Waals surface area (Å²) < 4.78 is 63.7. The van der Waals surface area contributed by atoms with E-state index in [0.717, 1.165) is 43.5 Å². The molecule has 0 radical (unpaired) electrons. The first kappa shape index (κ1) is 19.8. The minimum Gasteiger partial charge on any atom is -0.280 e. The van der Waals surface area contributed by atoms with E-state index in [2.05, 4.69) is 11.1 Å². The van der Waals surface area contributed by atoms with Crippen molar-refractivity contribution in [1.29, 1.82) is 0 Å².